The van der Waals surface area contributed by atoms with Gasteiger partial charge in [-0.1, -0.05) is 54.6 Å². The average molecular weight is 487 g/mol. The van der Waals surface area contributed by atoms with Crippen molar-refractivity contribution in [2.24, 2.45) is 11.8 Å². The zero-order valence-electron chi connectivity index (χ0n) is 20.8. The highest BCUT2D eigenvalue weighted by Gasteiger charge is 2.44. The molecule has 0 spiro atoms. The molecule has 0 radical (unpaired) electrons. The molecule has 2 bridgehead atoms. The van der Waals surface area contributed by atoms with E-state index in [4.69, 9.17) is 4.74 Å². The van der Waals surface area contributed by atoms with Gasteiger partial charge in [-0.3, -0.25) is 9.88 Å². The van der Waals surface area contributed by atoms with Gasteiger partial charge in [0.15, 0.2) is 0 Å². The molecule has 4 heterocycles. The number of phenols is 1. The quantitative estimate of drug-likeness (QED) is 0.210. The van der Waals surface area contributed by atoms with Crippen LogP contribution in [0.2, 0.25) is 0 Å². The fourth-order valence-electron chi connectivity index (χ4n) is 6.70. The predicted molar refractivity (Wildman–Crippen MR) is 150 cm³/mol. The first-order valence-electron chi connectivity index (χ1n) is 13.2. The van der Waals surface area contributed by atoms with Crippen molar-refractivity contribution in [1.82, 2.24) is 9.88 Å². The number of hydrogen-bond donors (Lipinski definition) is 1. The minimum absolute atomic E-state index is 0.203. The normalized spacial score (nSPS) is 23.9. The molecule has 1 unspecified atom stereocenters. The van der Waals surface area contributed by atoms with Crippen LogP contribution >= 0.6 is 0 Å². The first-order valence-corrected chi connectivity index (χ1v) is 13.2. The Kier molecular flexibility index (Phi) is 5.37. The topological polar surface area (TPSA) is 45.6 Å². The second-order valence-electron chi connectivity index (χ2n) is 10.5. The molecule has 37 heavy (non-hydrogen) atoms. The van der Waals surface area contributed by atoms with Crippen LogP contribution < -0.4 is 4.74 Å². The Balaban J connectivity index is 1.41. The minimum atomic E-state index is -0.203. The molecule has 1 N–H and O–H groups in total. The number of fused-ring (bicyclic) bond motifs is 7. The number of hydrogen-bond acceptors (Lipinski definition) is 4. The Bertz CT molecular complexity index is 1640. The van der Waals surface area contributed by atoms with Gasteiger partial charge in [0.05, 0.1) is 11.6 Å². The summed E-state index contributed by atoms with van der Waals surface area (Å²) in [6, 6.07) is 26.9. The predicted octanol–water partition coefficient (Wildman–Crippen LogP) is 7.26. The van der Waals surface area contributed by atoms with Gasteiger partial charge < -0.3 is 9.84 Å². The molecular formula is C33H30N2O2. The zero-order chi connectivity index (χ0) is 24.9. The van der Waals surface area contributed by atoms with Gasteiger partial charge in [0.1, 0.15) is 17.6 Å². The Hall–Kier alpha value is -3.89. The highest BCUT2D eigenvalue weighted by molar-refractivity contribution is 6.10. The molecule has 5 aromatic rings. The van der Waals surface area contributed by atoms with Gasteiger partial charge in [0.2, 0.25) is 0 Å². The van der Waals surface area contributed by atoms with E-state index in [1.807, 2.05) is 18.3 Å². The summed E-state index contributed by atoms with van der Waals surface area (Å²) in [6.45, 7) is 6.21. The molecule has 3 aliphatic rings. The smallest absolute Gasteiger partial charge is 0.140 e. The molecule has 0 aliphatic carbocycles. The summed E-state index contributed by atoms with van der Waals surface area (Å²) >= 11 is 0. The van der Waals surface area contributed by atoms with E-state index in [1.54, 1.807) is 6.07 Å². The van der Waals surface area contributed by atoms with Crippen molar-refractivity contribution in [3.63, 3.8) is 0 Å². The highest BCUT2D eigenvalue weighted by Crippen LogP contribution is 2.45. The number of benzene rings is 4. The van der Waals surface area contributed by atoms with E-state index < -0.39 is 0 Å². The summed E-state index contributed by atoms with van der Waals surface area (Å²) in [4.78, 5) is 7.18. The lowest BCUT2D eigenvalue weighted by atomic mass is 9.73. The summed E-state index contributed by atoms with van der Waals surface area (Å²) < 4.78 is 7.15. The van der Waals surface area contributed by atoms with Crippen molar-refractivity contribution in [1.29, 1.82) is 0 Å². The van der Waals surface area contributed by atoms with Crippen molar-refractivity contribution in [2.45, 2.75) is 25.0 Å². The highest BCUT2D eigenvalue weighted by atomic mass is 16.5. The SMILES string of the molecule is C=C[C@H]1CN2CC[C@H]1C[C@@H]2[C@H](Oc1cc2ccccc2c2ccccc12)c1ccnc2ccc(O)cc12. The van der Waals surface area contributed by atoms with E-state index in [0.29, 0.717) is 11.8 Å². The molecule has 3 saturated heterocycles. The van der Waals surface area contributed by atoms with Gasteiger partial charge >= 0.3 is 0 Å². The molecule has 4 heteroatoms. The third-order valence-corrected chi connectivity index (χ3v) is 8.55. The molecule has 1 aromatic heterocycles. The second-order valence-corrected chi connectivity index (χ2v) is 10.5. The van der Waals surface area contributed by atoms with Gasteiger partial charge in [-0.05, 0) is 77.7 Å². The third kappa shape index (κ3) is 3.75. The largest absolute Gasteiger partial charge is 0.508 e. The van der Waals surface area contributed by atoms with Crippen LogP contribution in [0.5, 0.6) is 11.5 Å². The van der Waals surface area contributed by atoms with Gasteiger partial charge in [0, 0.05) is 29.1 Å². The average Bonchev–Trinajstić information content (AvgIpc) is 2.96. The van der Waals surface area contributed by atoms with Crippen LogP contribution in [0.15, 0.2) is 97.7 Å². The van der Waals surface area contributed by atoms with Crippen LogP contribution in [-0.2, 0) is 0 Å². The fourth-order valence-corrected chi connectivity index (χ4v) is 6.70. The summed E-state index contributed by atoms with van der Waals surface area (Å²) in [7, 11) is 0. The lowest BCUT2D eigenvalue weighted by Gasteiger charge is -2.51. The maximum absolute atomic E-state index is 10.4. The summed E-state index contributed by atoms with van der Waals surface area (Å²) in [5.41, 5.74) is 1.94. The van der Waals surface area contributed by atoms with Crippen molar-refractivity contribution < 1.29 is 9.84 Å². The van der Waals surface area contributed by atoms with Crippen molar-refractivity contribution in [3.05, 3.63) is 103 Å². The molecule has 3 fully saturated rings. The van der Waals surface area contributed by atoms with Gasteiger partial charge in [-0.2, -0.15) is 0 Å². The number of pyridine rings is 1. The van der Waals surface area contributed by atoms with Crippen LogP contribution in [0, 0.1) is 11.8 Å². The van der Waals surface area contributed by atoms with Gasteiger partial charge in [-0.15, -0.1) is 6.58 Å². The first kappa shape index (κ1) is 22.3. The van der Waals surface area contributed by atoms with Crippen LogP contribution in [0.25, 0.3) is 32.4 Å². The molecule has 4 aromatic carbocycles. The lowest BCUT2D eigenvalue weighted by Crippen LogP contribution is -2.55. The Morgan fingerprint density at radius 2 is 1.76 bits per heavy atom. The van der Waals surface area contributed by atoms with E-state index in [-0.39, 0.29) is 17.9 Å². The number of piperidine rings is 3. The molecule has 3 aliphatic heterocycles. The van der Waals surface area contributed by atoms with E-state index in [9.17, 15) is 5.11 Å². The standard InChI is InChI=1S/C33H30N2O2/c1-2-21-20-35-16-14-22(21)17-31(35)33(28-13-15-34-30-12-11-24(36)19-29(28)30)37-32-18-23-7-3-4-8-25(23)26-9-5-6-10-27(26)32/h2-13,15,18-19,21-22,31,33,36H,1,14,16-17,20H2/t21-,22-,31+,33+/m0/s1. The maximum atomic E-state index is 10.4. The molecule has 0 saturated carbocycles. The van der Waals surface area contributed by atoms with Crippen LogP contribution in [0.1, 0.15) is 24.5 Å². The van der Waals surface area contributed by atoms with Crippen LogP contribution in [-0.4, -0.2) is 34.1 Å². The number of rotatable bonds is 5. The van der Waals surface area contributed by atoms with Gasteiger partial charge in [0.25, 0.3) is 0 Å². The Morgan fingerprint density at radius 3 is 2.57 bits per heavy atom. The van der Waals surface area contributed by atoms with E-state index >= 15 is 0 Å². The Morgan fingerprint density at radius 1 is 0.946 bits per heavy atom. The monoisotopic (exact) mass is 486 g/mol. The fraction of sp³-hybridized carbons (Fsp3) is 0.242. The molecule has 184 valence electrons. The second kappa shape index (κ2) is 8.89. The summed E-state index contributed by atoms with van der Waals surface area (Å²) in [5, 5.41) is 16.0. The number of ether oxygens (including phenoxy) is 1. The minimum Gasteiger partial charge on any atom is -0.508 e. The molecule has 0 amide bonds. The summed E-state index contributed by atoms with van der Waals surface area (Å²) in [5.74, 6) is 2.29. The summed E-state index contributed by atoms with van der Waals surface area (Å²) in [6.07, 6.45) is 6.07. The van der Waals surface area contributed by atoms with E-state index in [0.717, 1.165) is 47.1 Å². The van der Waals surface area contributed by atoms with Gasteiger partial charge in [-0.25, -0.2) is 0 Å². The van der Waals surface area contributed by atoms with Crippen molar-refractivity contribution in [2.75, 3.05) is 13.1 Å². The van der Waals surface area contributed by atoms with E-state index in [1.165, 1.54) is 22.6 Å². The number of aromatic nitrogens is 1. The molecular weight excluding hydrogens is 456 g/mol. The van der Waals surface area contributed by atoms with Crippen molar-refractivity contribution >= 4 is 32.4 Å². The van der Waals surface area contributed by atoms with Crippen LogP contribution in [0.4, 0.5) is 0 Å². The first-order chi connectivity index (χ1) is 18.2. The molecule has 5 atom stereocenters. The number of phenolic OH excluding ortho intramolecular Hbond substituents is 1. The Labute approximate surface area is 216 Å². The molecule has 8 rings (SSSR count). The third-order valence-electron chi connectivity index (χ3n) is 8.55. The number of nitrogens with zero attached hydrogens (tertiary/aromatic N) is 2. The van der Waals surface area contributed by atoms with E-state index in [2.05, 4.69) is 83.2 Å². The zero-order valence-corrected chi connectivity index (χ0v) is 20.8. The maximum Gasteiger partial charge on any atom is 0.140 e. The van der Waals surface area contributed by atoms with Crippen molar-refractivity contribution in [3.8, 4) is 11.5 Å². The lowest BCUT2D eigenvalue weighted by molar-refractivity contribution is -0.0352. The van der Waals surface area contributed by atoms with Crippen LogP contribution in [0.3, 0.4) is 0 Å². The number of aromatic hydroxyl groups is 1. The molecule has 4 nitrogen and oxygen atoms in total.